The lowest BCUT2D eigenvalue weighted by atomic mass is 10.2. The van der Waals surface area contributed by atoms with Crippen LogP contribution in [-0.4, -0.2) is 25.0 Å². The van der Waals surface area contributed by atoms with Crippen molar-refractivity contribution in [2.75, 3.05) is 5.32 Å². The molecule has 0 fully saturated rings. The largest absolute Gasteiger partial charge is 0.335 e. The van der Waals surface area contributed by atoms with Crippen LogP contribution in [0.3, 0.4) is 0 Å². The monoisotopic (exact) mass is 323 g/mol. The van der Waals surface area contributed by atoms with Gasteiger partial charge in [0.2, 0.25) is 5.91 Å². The Balaban J connectivity index is 1.60. The number of carbonyl (C=O) groups is 1. The van der Waals surface area contributed by atoms with Crippen LogP contribution in [0.1, 0.15) is 23.6 Å². The first-order valence-electron chi connectivity index (χ1n) is 7.93. The molecule has 6 heteroatoms. The van der Waals surface area contributed by atoms with Gasteiger partial charge in [-0.3, -0.25) is 4.79 Å². The van der Waals surface area contributed by atoms with E-state index in [1.807, 2.05) is 66.7 Å². The summed E-state index contributed by atoms with van der Waals surface area (Å²) in [6.45, 7) is 6.58. The Labute approximate surface area is 141 Å². The molecule has 0 spiro atoms. The van der Waals surface area contributed by atoms with E-state index in [-0.39, 0.29) is 5.91 Å². The molecule has 0 atom stereocenters. The first-order chi connectivity index (χ1) is 11.5. The average molecular weight is 323 g/mol. The number of hydrogen-bond acceptors (Lipinski definition) is 3. The summed E-state index contributed by atoms with van der Waals surface area (Å²) in [5.41, 5.74) is 3.95. The summed E-state index contributed by atoms with van der Waals surface area (Å²) in [5, 5.41) is 2.92. The second kappa shape index (κ2) is 6.70. The molecule has 1 amide bonds. The predicted octanol–water partition coefficient (Wildman–Crippen LogP) is 3.02. The van der Waals surface area contributed by atoms with Crippen LogP contribution >= 0.6 is 0 Å². The van der Waals surface area contributed by atoms with Gasteiger partial charge in [-0.2, -0.15) is 0 Å². The fraction of sp³-hybridized carbons (Fsp3) is 0.278. The molecule has 2 heterocycles. The van der Waals surface area contributed by atoms with Gasteiger partial charge < -0.3 is 14.5 Å². The van der Waals surface area contributed by atoms with Gasteiger partial charge in [-0.15, -0.1) is 0 Å². The Morgan fingerprint density at radius 2 is 1.88 bits per heavy atom. The Morgan fingerprint density at radius 3 is 2.46 bits per heavy atom. The number of amides is 1. The van der Waals surface area contributed by atoms with Crippen molar-refractivity contribution < 1.29 is 4.79 Å². The van der Waals surface area contributed by atoms with E-state index in [9.17, 15) is 4.79 Å². The number of benzene rings is 1. The number of hydrogen-bond donors (Lipinski definition) is 1. The van der Waals surface area contributed by atoms with Crippen LogP contribution in [0.25, 0.3) is 5.69 Å². The van der Waals surface area contributed by atoms with Crippen molar-refractivity contribution in [3.8, 4) is 5.69 Å². The second-order valence-electron chi connectivity index (χ2n) is 5.80. The van der Waals surface area contributed by atoms with Crippen molar-refractivity contribution >= 4 is 11.6 Å². The number of nitrogens with zero attached hydrogens (tertiary/aromatic N) is 4. The molecule has 1 aromatic carbocycles. The van der Waals surface area contributed by atoms with E-state index in [4.69, 9.17) is 0 Å². The van der Waals surface area contributed by atoms with E-state index in [0.717, 1.165) is 28.6 Å². The molecule has 0 aliphatic carbocycles. The molecule has 124 valence electrons. The van der Waals surface area contributed by atoms with E-state index < -0.39 is 0 Å². The van der Waals surface area contributed by atoms with E-state index in [1.165, 1.54) is 0 Å². The smallest absolute Gasteiger partial charge is 0.226 e. The van der Waals surface area contributed by atoms with E-state index in [0.29, 0.717) is 13.0 Å². The van der Waals surface area contributed by atoms with Crippen LogP contribution in [0.2, 0.25) is 0 Å². The van der Waals surface area contributed by atoms with Crippen molar-refractivity contribution in [2.24, 2.45) is 0 Å². The number of carbonyl (C=O) groups excluding carboxylic acids is 1. The van der Waals surface area contributed by atoms with Crippen molar-refractivity contribution in [3.05, 3.63) is 60.2 Å². The van der Waals surface area contributed by atoms with E-state index in [2.05, 4.69) is 15.3 Å². The third-order valence-electron chi connectivity index (χ3n) is 4.18. The molecule has 0 saturated heterocycles. The van der Waals surface area contributed by atoms with Crippen molar-refractivity contribution in [2.45, 2.75) is 33.7 Å². The first-order valence-corrected chi connectivity index (χ1v) is 7.93. The Hall–Kier alpha value is -2.89. The minimum Gasteiger partial charge on any atom is -0.335 e. The Bertz CT molecular complexity index is 845. The third kappa shape index (κ3) is 3.37. The molecule has 3 aromatic rings. The maximum absolute atomic E-state index is 12.1. The van der Waals surface area contributed by atoms with Gasteiger partial charge >= 0.3 is 0 Å². The highest BCUT2D eigenvalue weighted by Crippen LogP contribution is 2.17. The lowest BCUT2D eigenvalue weighted by molar-refractivity contribution is -0.116. The molecular formula is C18H21N5O. The molecular weight excluding hydrogens is 302 g/mol. The number of aromatic nitrogens is 4. The van der Waals surface area contributed by atoms with Crippen LogP contribution in [0, 0.1) is 20.8 Å². The van der Waals surface area contributed by atoms with Gasteiger partial charge in [-0.1, -0.05) is 0 Å². The lowest BCUT2D eigenvalue weighted by Gasteiger charge is -2.09. The van der Waals surface area contributed by atoms with Gasteiger partial charge in [-0.25, -0.2) is 9.97 Å². The highest BCUT2D eigenvalue weighted by Gasteiger charge is 2.06. The van der Waals surface area contributed by atoms with Crippen LogP contribution in [0.15, 0.2) is 43.0 Å². The normalized spacial score (nSPS) is 10.8. The summed E-state index contributed by atoms with van der Waals surface area (Å²) < 4.78 is 4.00. The summed E-state index contributed by atoms with van der Waals surface area (Å²) in [4.78, 5) is 20.5. The topological polar surface area (TPSA) is 64.7 Å². The van der Waals surface area contributed by atoms with Gasteiger partial charge in [-0.05, 0) is 45.0 Å². The lowest BCUT2D eigenvalue weighted by Crippen LogP contribution is -2.14. The maximum Gasteiger partial charge on any atom is 0.226 e. The van der Waals surface area contributed by atoms with Crippen LogP contribution in [0.5, 0.6) is 0 Å². The minimum atomic E-state index is -0.00879. The Kier molecular flexibility index (Phi) is 4.46. The first kappa shape index (κ1) is 16.0. The number of rotatable bonds is 5. The molecule has 6 nitrogen and oxygen atoms in total. The summed E-state index contributed by atoms with van der Waals surface area (Å²) in [6.07, 6.45) is 5.85. The quantitative estimate of drug-likeness (QED) is 0.785. The van der Waals surface area contributed by atoms with Crippen LogP contribution < -0.4 is 5.32 Å². The molecule has 3 rings (SSSR count). The van der Waals surface area contributed by atoms with Crippen molar-refractivity contribution in [1.29, 1.82) is 0 Å². The molecule has 24 heavy (non-hydrogen) atoms. The molecule has 1 N–H and O–H groups in total. The zero-order valence-corrected chi connectivity index (χ0v) is 14.2. The predicted molar refractivity (Wildman–Crippen MR) is 93.2 cm³/mol. The van der Waals surface area contributed by atoms with Crippen LogP contribution in [-0.2, 0) is 11.3 Å². The van der Waals surface area contributed by atoms with Gasteiger partial charge in [0.25, 0.3) is 0 Å². The third-order valence-corrected chi connectivity index (χ3v) is 4.18. The molecule has 0 saturated carbocycles. The average Bonchev–Trinajstić information content (AvgIpc) is 3.13. The molecule has 0 unspecified atom stereocenters. The van der Waals surface area contributed by atoms with Gasteiger partial charge in [0.1, 0.15) is 5.82 Å². The summed E-state index contributed by atoms with van der Waals surface area (Å²) >= 11 is 0. The number of nitrogens with one attached hydrogen (secondary N) is 1. The van der Waals surface area contributed by atoms with Gasteiger partial charge in [0, 0.05) is 42.4 Å². The van der Waals surface area contributed by atoms with E-state index in [1.54, 1.807) is 6.20 Å². The molecule has 0 aliphatic heterocycles. The fourth-order valence-electron chi connectivity index (χ4n) is 2.55. The number of aryl methyl sites for hydroxylation is 3. The van der Waals surface area contributed by atoms with Crippen molar-refractivity contribution in [3.63, 3.8) is 0 Å². The SMILES string of the molecule is Cc1ncn(-c2ccc(NC(=O)CCn3ccnc3C)cc2)c1C. The molecule has 0 aliphatic rings. The zero-order chi connectivity index (χ0) is 17.1. The summed E-state index contributed by atoms with van der Waals surface area (Å²) in [6, 6.07) is 7.77. The number of imidazole rings is 2. The van der Waals surface area contributed by atoms with Crippen LogP contribution in [0.4, 0.5) is 5.69 Å². The molecule has 2 aromatic heterocycles. The molecule has 0 radical (unpaired) electrons. The standard InChI is InChI=1S/C18H21N5O/c1-13-14(2)23(12-20-13)17-6-4-16(5-7-17)21-18(24)8-10-22-11-9-19-15(22)3/h4-7,9,11-12H,8,10H2,1-3H3,(H,21,24). The highest BCUT2D eigenvalue weighted by atomic mass is 16.1. The Morgan fingerprint density at radius 1 is 1.12 bits per heavy atom. The zero-order valence-electron chi connectivity index (χ0n) is 14.2. The minimum absolute atomic E-state index is 0.00879. The summed E-state index contributed by atoms with van der Waals surface area (Å²) in [7, 11) is 0. The second-order valence-corrected chi connectivity index (χ2v) is 5.80. The summed E-state index contributed by atoms with van der Waals surface area (Å²) in [5.74, 6) is 0.906. The van der Waals surface area contributed by atoms with E-state index >= 15 is 0 Å². The van der Waals surface area contributed by atoms with Gasteiger partial charge in [0.15, 0.2) is 0 Å². The number of anilines is 1. The van der Waals surface area contributed by atoms with Gasteiger partial charge in [0.05, 0.1) is 12.0 Å². The maximum atomic E-state index is 12.1. The molecule has 0 bridgehead atoms. The fourth-order valence-corrected chi connectivity index (χ4v) is 2.55. The van der Waals surface area contributed by atoms with Crippen molar-refractivity contribution in [1.82, 2.24) is 19.1 Å². The highest BCUT2D eigenvalue weighted by molar-refractivity contribution is 5.90.